The van der Waals surface area contributed by atoms with E-state index in [1.807, 2.05) is 18.2 Å². The van der Waals surface area contributed by atoms with E-state index in [1.54, 1.807) is 6.20 Å². The zero-order valence-corrected chi connectivity index (χ0v) is 14.1. The van der Waals surface area contributed by atoms with Gasteiger partial charge in [-0.25, -0.2) is 0 Å². The highest BCUT2D eigenvalue weighted by Crippen LogP contribution is 2.29. The number of hydrogen-bond donors (Lipinski definition) is 2. The fourth-order valence-corrected chi connectivity index (χ4v) is 3.77. The molecule has 1 aliphatic heterocycles. The van der Waals surface area contributed by atoms with Crippen LogP contribution >= 0.6 is 11.6 Å². The van der Waals surface area contributed by atoms with Gasteiger partial charge in [-0.1, -0.05) is 35.9 Å². The molecule has 4 rings (SSSR count). The van der Waals surface area contributed by atoms with Crippen molar-refractivity contribution in [3.63, 3.8) is 0 Å². The number of hydrogen-bond acceptors (Lipinski definition) is 3. The number of nitrogens with one attached hydrogen (secondary N) is 1. The molecule has 0 atom stereocenters. The highest BCUT2D eigenvalue weighted by molar-refractivity contribution is 6.31. The van der Waals surface area contributed by atoms with Crippen molar-refractivity contribution in [3.8, 4) is 0 Å². The fourth-order valence-electron chi connectivity index (χ4n) is 3.59. The van der Waals surface area contributed by atoms with Crippen molar-refractivity contribution >= 4 is 22.4 Å². The maximum atomic E-state index is 9.82. The average Bonchev–Trinajstić information content (AvgIpc) is 2.95. The van der Waals surface area contributed by atoms with E-state index in [0.29, 0.717) is 5.92 Å². The van der Waals surface area contributed by atoms with Gasteiger partial charge in [0.25, 0.3) is 0 Å². The van der Waals surface area contributed by atoms with Crippen LogP contribution in [0.3, 0.4) is 0 Å². The van der Waals surface area contributed by atoms with Crippen LogP contribution in [0.5, 0.6) is 0 Å². The minimum absolute atomic E-state index is 0.469. The summed E-state index contributed by atoms with van der Waals surface area (Å²) in [5.74, 6) is 0.469. The summed E-state index contributed by atoms with van der Waals surface area (Å²) >= 11 is 6.11. The molecule has 3 aromatic rings. The van der Waals surface area contributed by atoms with Gasteiger partial charge in [0.15, 0.2) is 0 Å². The second-order valence-electron chi connectivity index (χ2n) is 6.48. The predicted molar refractivity (Wildman–Crippen MR) is 96.0 cm³/mol. The van der Waals surface area contributed by atoms with Crippen LogP contribution in [0.25, 0.3) is 10.8 Å². The Balaban J connectivity index is 1.65. The van der Waals surface area contributed by atoms with Crippen LogP contribution in [0.1, 0.15) is 35.6 Å². The van der Waals surface area contributed by atoms with Gasteiger partial charge in [-0.15, -0.1) is 9.94 Å². The summed E-state index contributed by atoms with van der Waals surface area (Å²) in [6, 6.07) is 12.3. The molecule has 0 amide bonds. The van der Waals surface area contributed by atoms with Gasteiger partial charge >= 0.3 is 0 Å². The third-order valence-electron chi connectivity index (χ3n) is 4.83. The Morgan fingerprint density at radius 1 is 1.12 bits per heavy atom. The van der Waals surface area contributed by atoms with Gasteiger partial charge in [0.05, 0.1) is 11.9 Å². The molecule has 5 heteroatoms. The largest absolute Gasteiger partial charge is 0.412 e. The van der Waals surface area contributed by atoms with E-state index in [0.717, 1.165) is 53.3 Å². The summed E-state index contributed by atoms with van der Waals surface area (Å²) in [4.78, 5) is 0.963. The van der Waals surface area contributed by atoms with Gasteiger partial charge in [0.2, 0.25) is 0 Å². The Bertz CT molecular complexity index is 868. The molecule has 2 heterocycles. The normalized spacial score (nSPS) is 15.9. The van der Waals surface area contributed by atoms with E-state index in [2.05, 4.69) is 28.6 Å². The van der Waals surface area contributed by atoms with Crippen molar-refractivity contribution in [1.29, 1.82) is 0 Å². The quantitative estimate of drug-likeness (QED) is 0.708. The Hall–Kier alpha value is -2.04. The van der Waals surface area contributed by atoms with Gasteiger partial charge in [0, 0.05) is 17.0 Å². The number of halogens is 1. The van der Waals surface area contributed by atoms with Crippen molar-refractivity contribution < 1.29 is 5.21 Å². The van der Waals surface area contributed by atoms with Crippen molar-refractivity contribution in [1.82, 2.24) is 15.3 Å². The molecular formula is C19H20ClN3O. The second-order valence-corrected chi connectivity index (χ2v) is 6.91. The number of aromatic nitrogens is 2. The molecule has 1 saturated heterocycles. The number of fused-ring (bicyclic) bond motifs is 1. The molecule has 0 bridgehead atoms. The lowest BCUT2D eigenvalue weighted by atomic mass is 9.89. The first-order valence-corrected chi connectivity index (χ1v) is 8.73. The standard InChI is InChI=1S/C19H20ClN3O/c20-17-4-3-14-2-1-13(9-16(14)11-17)10-19-18(12-23(24)22-19)15-5-7-21-8-6-15/h1-4,9,11-12,15,21,24H,5-8,10H2. The van der Waals surface area contributed by atoms with Crippen LogP contribution in [0, 0.1) is 0 Å². The Morgan fingerprint density at radius 2 is 1.92 bits per heavy atom. The smallest absolute Gasteiger partial charge is 0.0738 e. The van der Waals surface area contributed by atoms with E-state index >= 15 is 0 Å². The van der Waals surface area contributed by atoms with Crippen LogP contribution in [0.4, 0.5) is 0 Å². The van der Waals surface area contributed by atoms with E-state index in [9.17, 15) is 5.21 Å². The average molecular weight is 342 g/mol. The first-order chi connectivity index (χ1) is 11.7. The molecule has 2 aromatic carbocycles. The van der Waals surface area contributed by atoms with Crippen LogP contribution in [-0.4, -0.2) is 28.2 Å². The van der Waals surface area contributed by atoms with Crippen molar-refractivity contribution in [2.24, 2.45) is 0 Å². The topological polar surface area (TPSA) is 50.1 Å². The highest BCUT2D eigenvalue weighted by atomic mass is 35.5. The third kappa shape index (κ3) is 3.12. The summed E-state index contributed by atoms with van der Waals surface area (Å²) in [6.07, 6.45) is 4.66. The molecule has 0 unspecified atom stereocenters. The molecule has 0 aliphatic carbocycles. The Labute approximate surface area is 146 Å². The monoisotopic (exact) mass is 341 g/mol. The lowest BCUT2D eigenvalue weighted by Crippen LogP contribution is -2.26. The predicted octanol–water partition coefficient (Wildman–Crippen LogP) is 3.98. The summed E-state index contributed by atoms with van der Waals surface area (Å²) in [6.45, 7) is 2.05. The van der Waals surface area contributed by atoms with Crippen molar-refractivity contribution in [3.05, 3.63) is 64.4 Å². The Kier molecular flexibility index (Phi) is 4.17. The van der Waals surface area contributed by atoms with Gasteiger partial charge < -0.3 is 10.5 Å². The highest BCUT2D eigenvalue weighted by Gasteiger charge is 2.21. The second kappa shape index (κ2) is 6.46. The molecule has 1 aromatic heterocycles. The molecule has 24 heavy (non-hydrogen) atoms. The lowest BCUT2D eigenvalue weighted by molar-refractivity contribution is 0.147. The van der Waals surface area contributed by atoms with E-state index < -0.39 is 0 Å². The zero-order valence-electron chi connectivity index (χ0n) is 13.4. The molecule has 0 radical (unpaired) electrons. The molecule has 0 saturated carbocycles. The first-order valence-electron chi connectivity index (χ1n) is 8.35. The lowest BCUT2D eigenvalue weighted by Gasteiger charge is -2.22. The molecule has 4 nitrogen and oxygen atoms in total. The van der Waals surface area contributed by atoms with Gasteiger partial charge in [-0.3, -0.25) is 0 Å². The van der Waals surface area contributed by atoms with E-state index in [4.69, 9.17) is 11.6 Å². The summed E-state index contributed by atoms with van der Waals surface area (Å²) in [5.41, 5.74) is 3.31. The van der Waals surface area contributed by atoms with Crippen LogP contribution in [0.2, 0.25) is 5.02 Å². The fraction of sp³-hybridized carbons (Fsp3) is 0.316. The molecule has 1 aliphatic rings. The molecule has 1 fully saturated rings. The van der Waals surface area contributed by atoms with Crippen LogP contribution in [-0.2, 0) is 6.42 Å². The number of rotatable bonds is 3. The van der Waals surface area contributed by atoms with Crippen LogP contribution < -0.4 is 5.32 Å². The molecule has 124 valence electrons. The SMILES string of the molecule is On1cc(C2CCNCC2)c(Cc2ccc3ccc(Cl)cc3c2)n1. The summed E-state index contributed by atoms with van der Waals surface area (Å²) < 4.78 is 0. The molecule has 0 spiro atoms. The van der Waals surface area contributed by atoms with Crippen molar-refractivity contribution in [2.75, 3.05) is 13.1 Å². The number of nitrogens with zero attached hydrogens (tertiary/aromatic N) is 2. The molecular weight excluding hydrogens is 322 g/mol. The third-order valence-corrected chi connectivity index (χ3v) is 5.06. The first kappa shape index (κ1) is 15.5. The van der Waals surface area contributed by atoms with Gasteiger partial charge in [-0.05, 0) is 60.3 Å². The van der Waals surface area contributed by atoms with Gasteiger partial charge in [-0.2, -0.15) is 0 Å². The minimum atomic E-state index is 0.469. The van der Waals surface area contributed by atoms with E-state index in [-0.39, 0.29) is 0 Å². The maximum Gasteiger partial charge on any atom is 0.0738 e. The number of piperidine rings is 1. The Morgan fingerprint density at radius 3 is 2.75 bits per heavy atom. The zero-order chi connectivity index (χ0) is 16.5. The van der Waals surface area contributed by atoms with Crippen molar-refractivity contribution in [2.45, 2.75) is 25.2 Å². The van der Waals surface area contributed by atoms with Crippen LogP contribution in [0.15, 0.2) is 42.6 Å². The van der Waals surface area contributed by atoms with E-state index in [1.165, 1.54) is 16.5 Å². The van der Waals surface area contributed by atoms with Gasteiger partial charge in [0.1, 0.15) is 0 Å². The summed E-state index contributed by atoms with van der Waals surface area (Å²) in [5, 5.41) is 20.6. The number of benzene rings is 2. The summed E-state index contributed by atoms with van der Waals surface area (Å²) in [7, 11) is 0. The maximum absolute atomic E-state index is 9.82. The minimum Gasteiger partial charge on any atom is -0.412 e. The molecule has 2 N–H and O–H groups in total.